The molecule has 2 atom stereocenters. The molecule has 6 heteroatoms. The Labute approximate surface area is 158 Å². The summed E-state index contributed by atoms with van der Waals surface area (Å²) < 4.78 is 5.21. The van der Waals surface area contributed by atoms with Gasteiger partial charge in [-0.15, -0.1) is 11.8 Å². The highest BCUT2D eigenvalue weighted by Crippen LogP contribution is 2.47. The molecule has 5 nitrogen and oxygen atoms in total. The van der Waals surface area contributed by atoms with Crippen molar-refractivity contribution in [3.05, 3.63) is 35.9 Å². The highest BCUT2D eigenvalue weighted by atomic mass is 32.2. The lowest BCUT2D eigenvalue weighted by Gasteiger charge is -2.34. The van der Waals surface area contributed by atoms with Crippen LogP contribution in [0.5, 0.6) is 5.75 Å². The van der Waals surface area contributed by atoms with Gasteiger partial charge >= 0.3 is 0 Å². The summed E-state index contributed by atoms with van der Waals surface area (Å²) in [6.45, 7) is 3.41. The average molecular weight is 372 g/mol. The molecule has 2 fully saturated rings. The Morgan fingerprint density at radius 2 is 2.04 bits per heavy atom. The molecule has 3 aliphatic rings. The molecule has 2 amide bonds. The summed E-state index contributed by atoms with van der Waals surface area (Å²) >= 11 is 1.75. The van der Waals surface area contributed by atoms with Crippen molar-refractivity contribution in [2.24, 2.45) is 0 Å². The van der Waals surface area contributed by atoms with Crippen LogP contribution in [-0.2, 0) is 9.59 Å². The molecule has 4 rings (SSSR count). The summed E-state index contributed by atoms with van der Waals surface area (Å²) in [7, 11) is 1.66. The molecule has 1 aromatic carbocycles. The fraction of sp³-hybridized carbons (Fsp3) is 0.500. The summed E-state index contributed by atoms with van der Waals surface area (Å²) in [5.41, 5.74) is 2.44. The number of carbonyl (C=O) groups excluding carboxylic acids is 2. The minimum Gasteiger partial charge on any atom is -0.497 e. The van der Waals surface area contributed by atoms with Gasteiger partial charge in [0.05, 0.1) is 12.0 Å². The smallest absolute Gasteiger partial charge is 0.246 e. The Bertz CT molecular complexity index is 761. The van der Waals surface area contributed by atoms with Gasteiger partial charge in [0.25, 0.3) is 0 Å². The van der Waals surface area contributed by atoms with Gasteiger partial charge in [0.15, 0.2) is 0 Å². The third-order valence-electron chi connectivity index (χ3n) is 5.71. The maximum absolute atomic E-state index is 13.0. The topological polar surface area (TPSA) is 49.9 Å². The maximum atomic E-state index is 13.0. The zero-order valence-corrected chi connectivity index (χ0v) is 16.1. The number of amides is 2. The predicted octanol–water partition coefficient (Wildman–Crippen LogP) is 2.76. The molecule has 0 unspecified atom stereocenters. The van der Waals surface area contributed by atoms with E-state index in [-0.39, 0.29) is 22.7 Å². The second kappa shape index (κ2) is 6.65. The predicted molar refractivity (Wildman–Crippen MR) is 103 cm³/mol. The van der Waals surface area contributed by atoms with Gasteiger partial charge in [-0.1, -0.05) is 18.2 Å². The van der Waals surface area contributed by atoms with E-state index in [2.05, 4.69) is 25.1 Å². The summed E-state index contributed by atoms with van der Waals surface area (Å²) in [5.74, 6) is 1.79. The largest absolute Gasteiger partial charge is 0.497 e. The molecular weight excluding hydrogens is 348 g/mol. The molecule has 26 heavy (non-hydrogen) atoms. The number of carbonyl (C=O) groups is 2. The van der Waals surface area contributed by atoms with Gasteiger partial charge in [0.2, 0.25) is 11.8 Å². The second-order valence-electron chi connectivity index (χ2n) is 7.26. The van der Waals surface area contributed by atoms with E-state index in [1.165, 1.54) is 11.1 Å². The molecule has 0 aliphatic carbocycles. The van der Waals surface area contributed by atoms with Crippen molar-refractivity contribution < 1.29 is 14.3 Å². The first kappa shape index (κ1) is 17.5. The first-order chi connectivity index (χ1) is 12.5. The zero-order valence-electron chi connectivity index (χ0n) is 15.2. The normalized spacial score (nSPS) is 28.2. The van der Waals surface area contributed by atoms with Gasteiger partial charge in [-0.25, -0.2) is 0 Å². The number of rotatable bonds is 3. The minimum atomic E-state index is -0.295. The highest BCUT2D eigenvalue weighted by Gasteiger charge is 2.53. The van der Waals surface area contributed by atoms with Crippen LogP contribution >= 0.6 is 11.8 Å². The van der Waals surface area contributed by atoms with Gasteiger partial charge in [0.1, 0.15) is 11.8 Å². The van der Waals surface area contributed by atoms with Gasteiger partial charge in [-0.05, 0) is 43.0 Å². The Morgan fingerprint density at radius 1 is 1.27 bits per heavy atom. The number of methoxy groups -OCH3 is 1. The van der Waals surface area contributed by atoms with E-state index >= 15 is 0 Å². The Morgan fingerprint density at radius 3 is 2.69 bits per heavy atom. The van der Waals surface area contributed by atoms with Crippen molar-refractivity contribution in [3.8, 4) is 5.75 Å². The van der Waals surface area contributed by atoms with Crippen LogP contribution in [0.2, 0.25) is 0 Å². The van der Waals surface area contributed by atoms with Gasteiger partial charge in [-0.3, -0.25) is 9.59 Å². The third-order valence-corrected chi connectivity index (χ3v) is 7.22. The lowest BCUT2D eigenvalue weighted by Crippen LogP contribution is -2.52. The molecule has 0 N–H and O–H groups in total. The molecule has 0 saturated carbocycles. The molecule has 138 valence electrons. The van der Waals surface area contributed by atoms with E-state index in [9.17, 15) is 9.59 Å². The van der Waals surface area contributed by atoms with E-state index in [1.807, 2.05) is 21.9 Å². The zero-order chi connectivity index (χ0) is 18.3. The molecule has 1 aromatic rings. The van der Waals surface area contributed by atoms with Crippen LogP contribution in [0.15, 0.2) is 30.3 Å². The molecule has 0 bridgehead atoms. The number of hydrogen-bond acceptors (Lipinski definition) is 4. The van der Waals surface area contributed by atoms with Crippen LogP contribution in [0.25, 0.3) is 5.57 Å². The fourth-order valence-corrected chi connectivity index (χ4v) is 5.57. The third kappa shape index (κ3) is 2.90. The molecule has 0 aromatic heterocycles. The van der Waals surface area contributed by atoms with Crippen molar-refractivity contribution >= 4 is 29.1 Å². The summed E-state index contributed by atoms with van der Waals surface area (Å²) in [6.07, 6.45) is 4.38. The highest BCUT2D eigenvalue weighted by molar-refractivity contribution is 8.01. The Hall–Kier alpha value is -1.95. The van der Waals surface area contributed by atoms with E-state index in [0.717, 1.165) is 18.6 Å². The lowest BCUT2D eigenvalue weighted by atomic mass is 9.99. The summed E-state index contributed by atoms with van der Waals surface area (Å²) in [6, 6.07) is 7.75. The molecule has 3 heterocycles. The van der Waals surface area contributed by atoms with Crippen molar-refractivity contribution in [2.45, 2.75) is 37.1 Å². The van der Waals surface area contributed by atoms with E-state index in [1.54, 1.807) is 18.9 Å². The standard InChI is InChI=1S/C20H24N2O3S/c1-20-10-7-18(23)22(20)17(13-26-20)19(24)21-11-8-15(9-12-21)14-3-5-16(25-2)6-4-14/h3-6,8,17H,7,9-13H2,1-2H3/t17-,20+/m1/s1. The first-order valence-electron chi connectivity index (χ1n) is 9.10. The van der Waals surface area contributed by atoms with Gasteiger partial charge in [-0.2, -0.15) is 0 Å². The number of benzene rings is 1. The molecule has 2 saturated heterocycles. The van der Waals surface area contributed by atoms with Crippen LogP contribution in [-0.4, -0.2) is 58.5 Å². The minimum absolute atomic E-state index is 0.0986. The average Bonchev–Trinajstić information content (AvgIpc) is 3.17. The molecular formula is C20H24N2O3S. The lowest BCUT2D eigenvalue weighted by molar-refractivity contribution is -0.143. The number of fused-ring (bicyclic) bond motifs is 1. The van der Waals surface area contributed by atoms with E-state index in [0.29, 0.717) is 25.3 Å². The van der Waals surface area contributed by atoms with Crippen LogP contribution in [0.1, 0.15) is 31.7 Å². The summed E-state index contributed by atoms with van der Waals surface area (Å²) in [5, 5.41) is 0. The van der Waals surface area contributed by atoms with Crippen molar-refractivity contribution in [1.29, 1.82) is 0 Å². The number of ether oxygens (including phenoxy) is 1. The van der Waals surface area contributed by atoms with Crippen molar-refractivity contribution in [1.82, 2.24) is 9.80 Å². The van der Waals surface area contributed by atoms with Crippen LogP contribution in [0.3, 0.4) is 0 Å². The molecule has 0 spiro atoms. The van der Waals surface area contributed by atoms with Crippen LogP contribution in [0.4, 0.5) is 0 Å². The number of hydrogen-bond donors (Lipinski definition) is 0. The molecule has 3 aliphatic heterocycles. The van der Waals surface area contributed by atoms with Crippen molar-refractivity contribution in [2.75, 3.05) is 26.0 Å². The monoisotopic (exact) mass is 372 g/mol. The maximum Gasteiger partial charge on any atom is 0.246 e. The van der Waals surface area contributed by atoms with Gasteiger partial charge in [0, 0.05) is 25.3 Å². The van der Waals surface area contributed by atoms with Crippen LogP contribution in [0, 0.1) is 0 Å². The SMILES string of the molecule is COc1ccc(C2=CCN(C(=O)[C@H]3CS[C@@]4(C)CCC(=O)N34)CC2)cc1. The number of thioether (sulfide) groups is 1. The first-order valence-corrected chi connectivity index (χ1v) is 10.1. The Kier molecular flexibility index (Phi) is 4.47. The van der Waals surface area contributed by atoms with Crippen molar-refractivity contribution in [3.63, 3.8) is 0 Å². The molecule has 0 radical (unpaired) electrons. The number of nitrogens with zero attached hydrogens (tertiary/aromatic N) is 2. The van der Waals surface area contributed by atoms with E-state index < -0.39 is 0 Å². The fourth-order valence-electron chi connectivity index (χ4n) is 4.15. The van der Waals surface area contributed by atoms with E-state index in [4.69, 9.17) is 4.74 Å². The van der Waals surface area contributed by atoms with Crippen LogP contribution < -0.4 is 4.74 Å². The Balaban J connectivity index is 1.45. The summed E-state index contributed by atoms with van der Waals surface area (Å²) in [4.78, 5) is 28.9. The quantitative estimate of drug-likeness (QED) is 0.819. The van der Waals surface area contributed by atoms with Gasteiger partial charge < -0.3 is 14.5 Å². The second-order valence-corrected chi connectivity index (χ2v) is 8.76.